The highest BCUT2D eigenvalue weighted by Gasteiger charge is 2.32. The van der Waals surface area contributed by atoms with Gasteiger partial charge in [0, 0.05) is 57.3 Å². The molecule has 3 heterocycles. The van der Waals surface area contributed by atoms with Crippen molar-refractivity contribution in [1.29, 1.82) is 0 Å². The van der Waals surface area contributed by atoms with Crippen LogP contribution in [0.1, 0.15) is 68.4 Å². The lowest BCUT2D eigenvalue weighted by Gasteiger charge is -2.17. The third-order valence-electron chi connectivity index (χ3n) is 6.55. The van der Waals surface area contributed by atoms with E-state index in [1.165, 1.54) is 4.68 Å². The summed E-state index contributed by atoms with van der Waals surface area (Å²) in [4.78, 5) is 46.4. The average Bonchev–Trinajstić information content (AvgIpc) is 3.43. The maximum Gasteiger partial charge on any atom is 0.359 e. The third-order valence-corrected chi connectivity index (χ3v) is 6.55. The van der Waals surface area contributed by atoms with Gasteiger partial charge in [-0.3, -0.25) is 14.2 Å². The first-order chi connectivity index (χ1) is 19.1. The van der Waals surface area contributed by atoms with Gasteiger partial charge in [0.05, 0.1) is 24.6 Å². The molecular weight excluding hydrogens is 516 g/mol. The molecule has 2 N–H and O–H groups in total. The lowest BCUT2D eigenvalue weighted by atomic mass is 9.90. The fraction of sp³-hybridized carbons (Fsp3) is 0.444. The average molecular weight is 551 g/mol. The summed E-state index contributed by atoms with van der Waals surface area (Å²) in [7, 11) is 7.22. The molecule has 0 unspecified atom stereocenters. The summed E-state index contributed by atoms with van der Waals surface area (Å²) in [5.41, 5.74) is 11.7. The second-order valence-electron chi connectivity index (χ2n) is 9.59. The van der Waals surface area contributed by atoms with Crippen LogP contribution in [0.2, 0.25) is 0 Å². The van der Waals surface area contributed by atoms with E-state index < -0.39 is 11.9 Å². The van der Waals surface area contributed by atoms with Gasteiger partial charge in [0.2, 0.25) is 11.7 Å². The Kier molecular flexibility index (Phi) is 8.31. The highest BCUT2D eigenvalue weighted by molar-refractivity contribution is 6.11. The van der Waals surface area contributed by atoms with Crippen molar-refractivity contribution in [3.05, 3.63) is 51.7 Å². The van der Waals surface area contributed by atoms with Gasteiger partial charge in [0.1, 0.15) is 5.69 Å². The van der Waals surface area contributed by atoms with E-state index in [0.29, 0.717) is 43.0 Å². The van der Waals surface area contributed by atoms with Crippen LogP contribution in [0.5, 0.6) is 0 Å². The highest BCUT2D eigenvalue weighted by atomic mass is 16.5. The van der Waals surface area contributed by atoms with E-state index in [9.17, 15) is 14.4 Å². The summed E-state index contributed by atoms with van der Waals surface area (Å²) in [6.07, 6.45) is 6.28. The second-order valence-corrected chi connectivity index (χ2v) is 9.59. The van der Waals surface area contributed by atoms with E-state index in [-0.39, 0.29) is 17.4 Å². The van der Waals surface area contributed by atoms with E-state index in [1.807, 2.05) is 25.2 Å². The van der Waals surface area contributed by atoms with E-state index in [0.717, 1.165) is 40.9 Å². The van der Waals surface area contributed by atoms with Crippen LogP contribution >= 0.6 is 0 Å². The van der Waals surface area contributed by atoms with E-state index in [1.54, 1.807) is 38.8 Å². The monoisotopic (exact) mass is 550 g/mol. The van der Waals surface area contributed by atoms with Crippen molar-refractivity contribution in [2.24, 2.45) is 14.1 Å². The molecule has 40 heavy (non-hydrogen) atoms. The Morgan fingerprint density at radius 3 is 2.08 bits per heavy atom. The summed E-state index contributed by atoms with van der Waals surface area (Å²) < 4.78 is 13.2. The predicted octanol–water partition coefficient (Wildman–Crippen LogP) is 1.91. The molecule has 13 nitrogen and oxygen atoms in total. The second kappa shape index (κ2) is 11.7. The number of ketones is 1. The summed E-state index contributed by atoms with van der Waals surface area (Å²) in [5, 5.41) is 8.44. The number of hydrogen-bond acceptors (Lipinski definition) is 11. The molecule has 3 aromatic heterocycles. The van der Waals surface area contributed by atoms with Gasteiger partial charge in [-0.15, -0.1) is 0 Å². The number of carbonyl (C=O) groups is 3. The van der Waals surface area contributed by atoms with Gasteiger partial charge in [-0.2, -0.15) is 10.2 Å². The van der Waals surface area contributed by atoms with Crippen LogP contribution in [0.3, 0.4) is 0 Å². The lowest BCUT2D eigenvalue weighted by Crippen LogP contribution is -2.20. The zero-order valence-electron chi connectivity index (χ0n) is 23.6. The molecule has 0 amide bonds. The van der Waals surface area contributed by atoms with Crippen molar-refractivity contribution < 1.29 is 23.9 Å². The van der Waals surface area contributed by atoms with E-state index in [4.69, 9.17) is 15.2 Å². The Balaban J connectivity index is 0.000000185. The molecule has 5 rings (SSSR count). The molecule has 2 aliphatic carbocycles. The molecule has 0 aromatic carbocycles. The number of nitrogen functional groups attached to an aromatic ring is 1. The number of nitrogens with two attached hydrogens (primary N) is 1. The van der Waals surface area contributed by atoms with Crippen molar-refractivity contribution in [3.8, 4) is 11.4 Å². The lowest BCUT2D eigenvalue weighted by molar-refractivity contribution is 0.0508. The Morgan fingerprint density at radius 2 is 1.50 bits per heavy atom. The molecule has 0 radical (unpaired) electrons. The summed E-state index contributed by atoms with van der Waals surface area (Å²) >= 11 is 0. The minimum atomic E-state index is -0.461. The number of rotatable bonds is 5. The topological polar surface area (TPSA) is 160 Å². The van der Waals surface area contributed by atoms with Crippen molar-refractivity contribution >= 4 is 23.7 Å². The molecule has 0 saturated carbocycles. The smallest absolute Gasteiger partial charge is 0.359 e. The number of aromatic nitrogens is 6. The SMILES string of the molecule is CCOC(=O)c1nn(C)c2c1CC/C(=C\N(C)C)C2=O.CCOC(=O)c1nn(C)c2c1CCc1cnc(N)nc1-2. The Morgan fingerprint density at radius 1 is 0.950 bits per heavy atom. The van der Waals surface area contributed by atoms with Crippen LogP contribution in [-0.4, -0.2) is 79.5 Å². The molecule has 0 bridgehead atoms. The van der Waals surface area contributed by atoms with E-state index >= 15 is 0 Å². The zero-order chi connectivity index (χ0) is 29.1. The van der Waals surface area contributed by atoms with Crippen molar-refractivity contribution in [3.63, 3.8) is 0 Å². The van der Waals surface area contributed by atoms with Gasteiger partial charge < -0.3 is 20.1 Å². The summed E-state index contributed by atoms with van der Waals surface area (Å²) in [5.74, 6) is -0.701. The first-order valence-electron chi connectivity index (χ1n) is 13.1. The zero-order valence-corrected chi connectivity index (χ0v) is 23.6. The number of allylic oxidation sites excluding steroid dienone is 1. The molecule has 0 saturated heterocycles. The first-order valence-corrected chi connectivity index (χ1v) is 13.1. The van der Waals surface area contributed by atoms with Crippen molar-refractivity contribution in [1.82, 2.24) is 34.4 Å². The highest BCUT2D eigenvalue weighted by Crippen LogP contribution is 2.34. The quantitative estimate of drug-likeness (QED) is 0.365. The standard InChI is InChI=1S/C14H19N3O3.C13H15N5O2/c1-5-20-14(19)11-10-7-6-9(8-16(2)3)13(18)12(10)17(4)15-11;1-3-20-12(19)10-8-5-4-7-6-15-13(14)16-9(7)11(8)18(2)17-10/h8H,5-7H2,1-4H3;6H,3-5H2,1-2H3,(H2,14,15,16)/b9-8+;. The van der Waals surface area contributed by atoms with Gasteiger partial charge in [-0.1, -0.05) is 0 Å². The number of esters is 2. The summed E-state index contributed by atoms with van der Waals surface area (Å²) in [6.45, 7) is 4.15. The molecule has 0 fully saturated rings. The van der Waals surface area contributed by atoms with Gasteiger partial charge in [0.15, 0.2) is 11.4 Å². The van der Waals surface area contributed by atoms with Crippen LogP contribution in [-0.2, 0) is 42.8 Å². The molecular formula is C27H34N8O5. The number of nitrogens with zero attached hydrogens (tertiary/aromatic N) is 7. The van der Waals surface area contributed by atoms with Gasteiger partial charge in [0.25, 0.3) is 0 Å². The van der Waals surface area contributed by atoms with Crippen molar-refractivity contribution in [2.75, 3.05) is 33.0 Å². The molecule has 3 aromatic rings. The Bertz CT molecular complexity index is 1500. The number of anilines is 1. The predicted molar refractivity (Wildman–Crippen MR) is 146 cm³/mol. The van der Waals surface area contributed by atoms with Crippen LogP contribution in [0, 0.1) is 0 Å². The van der Waals surface area contributed by atoms with Gasteiger partial charge in [-0.05, 0) is 45.1 Å². The van der Waals surface area contributed by atoms with Gasteiger partial charge >= 0.3 is 11.9 Å². The maximum absolute atomic E-state index is 12.5. The number of fused-ring (bicyclic) bond motifs is 4. The largest absolute Gasteiger partial charge is 0.461 e. The van der Waals surface area contributed by atoms with Crippen LogP contribution in [0.4, 0.5) is 5.95 Å². The molecule has 0 aliphatic heterocycles. The molecule has 2 aliphatic rings. The maximum atomic E-state index is 12.5. The molecule has 212 valence electrons. The number of Topliss-reactive ketones (excluding diaryl/α,β-unsaturated/α-hetero) is 1. The third kappa shape index (κ3) is 5.44. The number of hydrogen-bond donors (Lipinski definition) is 1. The Hall–Kier alpha value is -4.55. The fourth-order valence-corrected chi connectivity index (χ4v) is 4.94. The molecule has 0 atom stereocenters. The minimum absolute atomic E-state index is 0.0644. The molecule has 0 spiro atoms. The van der Waals surface area contributed by atoms with Gasteiger partial charge in [-0.25, -0.2) is 19.6 Å². The minimum Gasteiger partial charge on any atom is -0.461 e. The number of aryl methyl sites for hydroxylation is 3. The molecule has 13 heteroatoms. The van der Waals surface area contributed by atoms with Crippen molar-refractivity contribution in [2.45, 2.75) is 39.5 Å². The number of ether oxygens (including phenoxy) is 2. The van der Waals surface area contributed by atoms with Crippen LogP contribution < -0.4 is 5.73 Å². The first kappa shape index (κ1) is 28.5. The number of carbonyl (C=O) groups excluding carboxylic acids is 3. The van der Waals surface area contributed by atoms with Crippen LogP contribution in [0.25, 0.3) is 11.4 Å². The van der Waals surface area contributed by atoms with Crippen LogP contribution in [0.15, 0.2) is 18.0 Å². The normalized spacial score (nSPS) is 14.4. The van der Waals surface area contributed by atoms with E-state index in [2.05, 4.69) is 20.2 Å². The summed E-state index contributed by atoms with van der Waals surface area (Å²) in [6, 6.07) is 0. The Labute approximate surface area is 232 Å². The fourth-order valence-electron chi connectivity index (χ4n) is 4.94.